The number of rotatable bonds is 4. The first kappa shape index (κ1) is 18.7. The van der Waals surface area contributed by atoms with Gasteiger partial charge in [-0.1, -0.05) is 41.4 Å². The van der Waals surface area contributed by atoms with Crippen LogP contribution in [0.1, 0.15) is 16.7 Å². The lowest BCUT2D eigenvalue weighted by Gasteiger charge is -2.27. The Hall–Kier alpha value is -2.60. The minimum atomic E-state index is -0.0124. The first-order chi connectivity index (χ1) is 13.5. The molecule has 1 aliphatic heterocycles. The molecule has 142 valence electrons. The largest absolute Gasteiger partial charge is 0.392 e. The summed E-state index contributed by atoms with van der Waals surface area (Å²) in [5.74, 6) is 1.32. The molecule has 3 aromatic rings. The Balaban J connectivity index is 1.67. The Morgan fingerprint density at radius 3 is 2.64 bits per heavy atom. The maximum Gasteiger partial charge on any atom is 0.229 e. The number of aliphatic hydroxyl groups excluding tert-OH is 1. The lowest BCUT2D eigenvalue weighted by Crippen LogP contribution is -2.25. The van der Waals surface area contributed by atoms with Crippen molar-refractivity contribution in [2.45, 2.75) is 6.61 Å². The van der Waals surface area contributed by atoms with Crippen LogP contribution in [-0.4, -0.2) is 28.7 Å². The molecule has 0 aliphatic carbocycles. The van der Waals surface area contributed by atoms with Gasteiger partial charge >= 0.3 is 0 Å². The van der Waals surface area contributed by atoms with Crippen molar-refractivity contribution in [3.05, 3.63) is 75.4 Å². The number of aliphatic hydroxyl groups is 1. The van der Waals surface area contributed by atoms with Gasteiger partial charge < -0.3 is 15.3 Å². The number of likely N-dealkylation sites (N-methyl/N-ethyl adjacent to an activating group) is 1. The molecule has 0 fully saturated rings. The molecule has 5 nitrogen and oxygen atoms in total. The van der Waals surface area contributed by atoms with E-state index in [0.29, 0.717) is 22.5 Å². The summed E-state index contributed by atoms with van der Waals surface area (Å²) in [6.07, 6.45) is 3.81. The monoisotopic (exact) mass is 412 g/mol. The highest BCUT2D eigenvalue weighted by Crippen LogP contribution is 2.37. The average Bonchev–Trinajstić information content (AvgIpc) is 2.68. The third kappa shape index (κ3) is 3.69. The molecule has 0 radical (unpaired) electrons. The summed E-state index contributed by atoms with van der Waals surface area (Å²) in [6, 6.07) is 13.0. The van der Waals surface area contributed by atoms with Crippen LogP contribution in [0.3, 0.4) is 0 Å². The summed E-state index contributed by atoms with van der Waals surface area (Å²) in [4.78, 5) is 11.1. The van der Waals surface area contributed by atoms with Gasteiger partial charge in [0.05, 0.1) is 6.61 Å². The van der Waals surface area contributed by atoms with Crippen molar-refractivity contribution < 1.29 is 5.11 Å². The van der Waals surface area contributed by atoms with Crippen LogP contribution >= 0.6 is 23.2 Å². The summed E-state index contributed by atoms with van der Waals surface area (Å²) in [6.45, 7) is 0.619. The predicted octanol–water partition coefficient (Wildman–Crippen LogP) is 5.01. The third-order valence-corrected chi connectivity index (χ3v) is 5.17. The van der Waals surface area contributed by atoms with Crippen LogP contribution in [0.15, 0.2) is 48.7 Å². The van der Waals surface area contributed by atoms with Crippen LogP contribution in [-0.2, 0) is 6.61 Å². The van der Waals surface area contributed by atoms with Gasteiger partial charge in [-0.2, -0.15) is 4.98 Å². The summed E-state index contributed by atoms with van der Waals surface area (Å²) >= 11 is 12.8. The lowest BCUT2D eigenvalue weighted by molar-refractivity contribution is 0.282. The summed E-state index contributed by atoms with van der Waals surface area (Å²) in [5.41, 5.74) is 4.40. The highest BCUT2D eigenvalue weighted by Gasteiger charge is 2.21. The summed E-state index contributed by atoms with van der Waals surface area (Å²) < 4.78 is 0. The van der Waals surface area contributed by atoms with Crippen molar-refractivity contribution in [2.24, 2.45) is 0 Å². The number of nitrogens with zero attached hydrogens (tertiary/aromatic N) is 3. The zero-order valence-electron chi connectivity index (χ0n) is 15.2. The highest BCUT2D eigenvalue weighted by atomic mass is 35.5. The van der Waals surface area contributed by atoms with E-state index in [2.05, 4.69) is 15.3 Å². The molecule has 7 heteroatoms. The van der Waals surface area contributed by atoms with E-state index in [4.69, 9.17) is 23.2 Å². The molecule has 0 amide bonds. The first-order valence-electron chi connectivity index (χ1n) is 8.75. The van der Waals surface area contributed by atoms with Crippen LogP contribution in [0.5, 0.6) is 0 Å². The van der Waals surface area contributed by atoms with E-state index in [1.807, 2.05) is 60.5 Å². The van der Waals surface area contributed by atoms with Gasteiger partial charge in [0.15, 0.2) is 0 Å². The Kier molecular flexibility index (Phi) is 5.22. The number of benzene rings is 2. The molecule has 1 aromatic heterocycles. The number of halogens is 2. The van der Waals surface area contributed by atoms with E-state index < -0.39 is 0 Å². The molecular formula is C21H18Cl2N4O. The molecule has 28 heavy (non-hydrogen) atoms. The Morgan fingerprint density at radius 2 is 1.89 bits per heavy atom. The summed E-state index contributed by atoms with van der Waals surface area (Å²) in [5, 5.41) is 13.7. The topological polar surface area (TPSA) is 61.3 Å². The first-order valence-corrected chi connectivity index (χ1v) is 9.50. The van der Waals surface area contributed by atoms with E-state index in [9.17, 15) is 5.11 Å². The van der Waals surface area contributed by atoms with E-state index in [-0.39, 0.29) is 6.61 Å². The summed E-state index contributed by atoms with van der Waals surface area (Å²) in [7, 11) is 1.97. The minimum absolute atomic E-state index is 0.0124. The maximum absolute atomic E-state index is 9.29. The van der Waals surface area contributed by atoms with Gasteiger partial charge in [0.25, 0.3) is 0 Å². The van der Waals surface area contributed by atoms with Gasteiger partial charge in [-0.3, -0.25) is 0 Å². The fraction of sp³-hybridized carbons (Fsp3) is 0.143. The third-order valence-electron chi connectivity index (χ3n) is 4.54. The van der Waals surface area contributed by atoms with E-state index >= 15 is 0 Å². The van der Waals surface area contributed by atoms with Gasteiger partial charge in [-0.25, -0.2) is 4.98 Å². The van der Waals surface area contributed by atoms with Crippen LogP contribution in [0.25, 0.3) is 11.6 Å². The normalized spacial score (nSPS) is 13.1. The highest BCUT2D eigenvalue weighted by molar-refractivity contribution is 6.38. The van der Waals surface area contributed by atoms with E-state index in [1.54, 1.807) is 6.20 Å². The van der Waals surface area contributed by atoms with Crippen molar-refractivity contribution in [1.29, 1.82) is 0 Å². The van der Waals surface area contributed by atoms with Gasteiger partial charge in [0.1, 0.15) is 5.82 Å². The van der Waals surface area contributed by atoms with Crippen molar-refractivity contribution in [2.75, 3.05) is 23.8 Å². The zero-order chi connectivity index (χ0) is 19.7. The molecule has 0 saturated carbocycles. The molecule has 1 aliphatic rings. The van der Waals surface area contributed by atoms with Gasteiger partial charge in [0.2, 0.25) is 5.95 Å². The molecule has 0 spiro atoms. The molecule has 0 bridgehead atoms. The number of anilines is 3. The zero-order valence-corrected chi connectivity index (χ0v) is 16.7. The smallest absolute Gasteiger partial charge is 0.229 e. The molecule has 2 N–H and O–H groups in total. The number of nitrogens with one attached hydrogen (secondary N) is 1. The van der Waals surface area contributed by atoms with Crippen molar-refractivity contribution >= 4 is 52.3 Å². The lowest BCUT2D eigenvalue weighted by atomic mass is 10.00. The molecule has 0 saturated heterocycles. The second-order valence-electron chi connectivity index (χ2n) is 6.58. The van der Waals surface area contributed by atoms with Gasteiger partial charge in [-0.05, 0) is 41.5 Å². The minimum Gasteiger partial charge on any atom is -0.392 e. The van der Waals surface area contributed by atoms with Crippen LogP contribution in [0.4, 0.5) is 17.5 Å². The van der Waals surface area contributed by atoms with E-state index in [0.717, 1.165) is 33.8 Å². The van der Waals surface area contributed by atoms with Crippen molar-refractivity contribution in [1.82, 2.24) is 9.97 Å². The number of aromatic nitrogens is 2. The van der Waals surface area contributed by atoms with Gasteiger partial charge in [0, 0.05) is 46.6 Å². The Morgan fingerprint density at radius 1 is 1.14 bits per heavy atom. The molecule has 4 rings (SSSR count). The Labute approximate surface area is 173 Å². The number of hydrogen-bond donors (Lipinski definition) is 2. The van der Waals surface area contributed by atoms with Crippen LogP contribution in [0.2, 0.25) is 10.0 Å². The number of fused-ring (bicyclic) bond motifs is 1. The molecule has 0 atom stereocenters. The molecule has 0 unspecified atom stereocenters. The fourth-order valence-corrected chi connectivity index (χ4v) is 3.89. The average molecular weight is 413 g/mol. The van der Waals surface area contributed by atoms with Crippen molar-refractivity contribution in [3.8, 4) is 0 Å². The Bertz CT molecular complexity index is 1050. The second-order valence-corrected chi connectivity index (χ2v) is 7.39. The van der Waals surface area contributed by atoms with Gasteiger partial charge in [-0.15, -0.1) is 0 Å². The quantitative estimate of drug-likeness (QED) is 0.630. The SMILES string of the molecule is CN1CC(c2c(Cl)cccc2Cl)=Cc2cnc(Nc3cccc(CO)c3)nc21. The maximum atomic E-state index is 9.29. The molecule has 2 aromatic carbocycles. The molecule has 2 heterocycles. The second kappa shape index (κ2) is 7.80. The van der Waals surface area contributed by atoms with E-state index in [1.165, 1.54) is 0 Å². The van der Waals surface area contributed by atoms with Crippen LogP contribution < -0.4 is 10.2 Å². The fourth-order valence-electron chi connectivity index (χ4n) is 3.25. The van der Waals surface area contributed by atoms with Crippen LogP contribution in [0, 0.1) is 0 Å². The number of hydrogen-bond acceptors (Lipinski definition) is 5. The standard InChI is InChI=1S/C21H18Cl2N4O/c1-27-11-15(19-17(22)6-3-7-18(19)23)9-14-10-24-21(26-20(14)27)25-16-5-2-4-13(8-16)12-28/h2-10,28H,11-12H2,1H3,(H,24,25,26). The van der Waals surface area contributed by atoms with Crippen molar-refractivity contribution in [3.63, 3.8) is 0 Å². The molecular weight excluding hydrogens is 395 g/mol. The predicted molar refractivity (Wildman–Crippen MR) is 115 cm³/mol.